The van der Waals surface area contributed by atoms with E-state index in [0.29, 0.717) is 0 Å². The van der Waals surface area contributed by atoms with E-state index >= 15 is 0 Å². The van der Waals surface area contributed by atoms with Crippen LogP contribution in [0.25, 0.3) is 0 Å². The van der Waals surface area contributed by atoms with Gasteiger partial charge < -0.3 is 20.3 Å². The number of aliphatic hydroxyl groups excluding tert-OH is 1. The van der Waals surface area contributed by atoms with E-state index in [-0.39, 0.29) is 23.7 Å². The van der Waals surface area contributed by atoms with Gasteiger partial charge in [0.1, 0.15) is 0 Å². The molecule has 0 spiro atoms. The van der Waals surface area contributed by atoms with Gasteiger partial charge in [0.05, 0.1) is 6.04 Å². The van der Waals surface area contributed by atoms with Gasteiger partial charge in [0.2, 0.25) is 0 Å². The molecule has 0 radical (unpaired) electrons. The molecule has 20 heavy (non-hydrogen) atoms. The summed E-state index contributed by atoms with van der Waals surface area (Å²) < 4.78 is 70.4. The van der Waals surface area contributed by atoms with Crippen molar-refractivity contribution in [3.8, 4) is 11.5 Å². The topological polar surface area (TPSA) is 64.7 Å². The molecule has 0 saturated heterocycles. The fourth-order valence-corrected chi connectivity index (χ4v) is 1.56. The van der Waals surface area contributed by atoms with E-state index in [1.807, 2.05) is 0 Å². The average molecular weight is 322 g/mol. The van der Waals surface area contributed by atoms with E-state index in [1.54, 1.807) is 0 Å². The summed E-state index contributed by atoms with van der Waals surface area (Å²) in [6.07, 6.45) is -11.6. The first-order chi connectivity index (χ1) is 8.60. The zero-order valence-corrected chi connectivity index (χ0v) is 10.3. The largest absolute Gasteiger partial charge is 0.586 e. The van der Waals surface area contributed by atoms with Crippen LogP contribution < -0.4 is 15.2 Å². The number of benzene rings is 1. The number of alkyl halides is 5. The van der Waals surface area contributed by atoms with E-state index in [4.69, 9.17) is 10.8 Å². The van der Waals surface area contributed by atoms with Crippen LogP contribution in [0.4, 0.5) is 22.0 Å². The van der Waals surface area contributed by atoms with Crippen molar-refractivity contribution in [2.45, 2.75) is 24.6 Å². The summed E-state index contributed by atoms with van der Waals surface area (Å²) in [7, 11) is 0. The van der Waals surface area contributed by atoms with Gasteiger partial charge in [-0.2, -0.15) is 13.2 Å². The lowest BCUT2D eigenvalue weighted by atomic mass is 10.0. The van der Waals surface area contributed by atoms with Gasteiger partial charge in [-0.05, 0) is 17.7 Å². The minimum Gasteiger partial charge on any atom is -0.395 e. The summed E-state index contributed by atoms with van der Waals surface area (Å²) in [5.74, 6) is -0.755. The number of nitrogens with two attached hydrogens (primary N) is 1. The molecule has 114 valence electrons. The lowest BCUT2D eigenvalue weighted by molar-refractivity contribution is -0.286. The van der Waals surface area contributed by atoms with Gasteiger partial charge in [-0.25, -0.2) is 0 Å². The number of ether oxygens (including phenoxy) is 2. The van der Waals surface area contributed by atoms with Crippen molar-refractivity contribution in [3.05, 3.63) is 23.8 Å². The van der Waals surface area contributed by atoms with E-state index < -0.39 is 30.4 Å². The summed E-state index contributed by atoms with van der Waals surface area (Å²) in [5, 5.41) is 8.99. The van der Waals surface area contributed by atoms with Crippen LogP contribution in [0.1, 0.15) is 11.6 Å². The molecule has 10 heteroatoms. The molecule has 0 saturated carbocycles. The van der Waals surface area contributed by atoms with E-state index in [2.05, 4.69) is 9.47 Å². The highest BCUT2D eigenvalue weighted by atomic mass is 35.5. The quantitative estimate of drug-likeness (QED) is 0.821. The fourth-order valence-electron chi connectivity index (χ4n) is 1.56. The van der Waals surface area contributed by atoms with Gasteiger partial charge in [0.15, 0.2) is 17.6 Å². The minimum atomic E-state index is -4.92. The minimum absolute atomic E-state index is 0. The summed E-state index contributed by atoms with van der Waals surface area (Å²) in [5.41, 5.74) is 5.03. The zero-order chi connectivity index (χ0) is 14.4. The van der Waals surface area contributed by atoms with Crippen molar-refractivity contribution in [1.82, 2.24) is 0 Å². The first-order valence-corrected chi connectivity index (χ1v) is 5.00. The average Bonchev–Trinajstić information content (AvgIpc) is 2.58. The Morgan fingerprint density at radius 3 is 2.25 bits per heavy atom. The molecular weight excluding hydrogens is 313 g/mol. The molecule has 0 aromatic heterocycles. The second-order valence-electron chi connectivity index (χ2n) is 3.89. The number of rotatable bonds is 2. The number of hydrogen-bond acceptors (Lipinski definition) is 4. The molecule has 4 nitrogen and oxygen atoms in total. The zero-order valence-electron chi connectivity index (χ0n) is 9.53. The Kier molecular flexibility index (Phi) is 4.37. The van der Waals surface area contributed by atoms with Crippen LogP contribution >= 0.6 is 12.4 Å². The van der Waals surface area contributed by atoms with Crippen LogP contribution in [0, 0.1) is 0 Å². The molecule has 0 fully saturated rings. The molecule has 1 aromatic rings. The summed E-state index contributed by atoms with van der Waals surface area (Å²) in [6.45, 7) is 0. The first kappa shape index (κ1) is 16.7. The predicted octanol–water partition coefficient (Wildman–Crippen LogP) is 2.35. The molecule has 0 unspecified atom stereocenters. The van der Waals surface area contributed by atoms with E-state index in [0.717, 1.165) is 18.2 Å². The third-order valence-electron chi connectivity index (χ3n) is 2.49. The standard InChI is InChI=1S/C10H8F5NO3.ClH/c11-9(12,13)8(17)7(16)4-1-2-5-6(3-4)19-10(14,15)18-5;/h1-3,7-8,17H,16H2;1H/t7-,8-;/m0./s1. The lowest BCUT2D eigenvalue weighted by Gasteiger charge is -2.21. The van der Waals surface area contributed by atoms with Gasteiger partial charge in [-0.3, -0.25) is 0 Å². The van der Waals surface area contributed by atoms with Crippen LogP contribution in [0.3, 0.4) is 0 Å². The van der Waals surface area contributed by atoms with Crippen molar-refractivity contribution in [2.75, 3.05) is 0 Å². The molecule has 1 aliphatic heterocycles. The first-order valence-electron chi connectivity index (χ1n) is 5.00. The molecular formula is C10H9ClF5NO3. The molecule has 0 bridgehead atoms. The summed E-state index contributed by atoms with van der Waals surface area (Å²) in [4.78, 5) is 0. The Hall–Kier alpha value is -1.32. The van der Waals surface area contributed by atoms with Gasteiger partial charge in [0, 0.05) is 0 Å². The maximum atomic E-state index is 12.7. The van der Waals surface area contributed by atoms with E-state index in [1.165, 1.54) is 0 Å². The Bertz CT molecular complexity index is 496. The number of fused-ring (bicyclic) bond motifs is 1. The van der Waals surface area contributed by atoms with Crippen molar-refractivity contribution >= 4 is 12.4 Å². The van der Waals surface area contributed by atoms with Crippen LogP contribution in [-0.4, -0.2) is 23.7 Å². The molecule has 2 atom stereocenters. The normalized spacial score (nSPS) is 19.1. The smallest absolute Gasteiger partial charge is 0.395 e. The molecule has 0 amide bonds. The Morgan fingerprint density at radius 2 is 1.70 bits per heavy atom. The Morgan fingerprint density at radius 1 is 1.15 bits per heavy atom. The fraction of sp³-hybridized carbons (Fsp3) is 0.400. The molecule has 1 heterocycles. The number of halogens is 6. The van der Waals surface area contributed by atoms with Crippen molar-refractivity contribution in [1.29, 1.82) is 0 Å². The number of aliphatic hydroxyl groups is 1. The second-order valence-corrected chi connectivity index (χ2v) is 3.89. The SMILES string of the molecule is Cl.N[C@@H](c1ccc2c(c1)OC(F)(F)O2)[C@H](O)C(F)(F)F. The maximum Gasteiger partial charge on any atom is 0.586 e. The summed E-state index contributed by atoms with van der Waals surface area (Å²) >= 11 is 0. The second kappa shape index (κ2) is 5.23. The van der Waals surface area contributed by atoms with Crippen LogP contribution in [0.2, 0.25) is 0 Å². The van der Waals surface area contributed by atoms with Crippen LogP contribution in [0.5, 0.6) is 11.5 Å². The van der Waals surface area contributed by atoms with Crippen molar-refractivity contribution in [3.63, 3.8) is 0 Å². The monoisotopic (exact) mass is 321 g/mol. The third kappa shape index (κ3) is 3.22. The van der Waals surface area contributed by atoms with Crippen LogP contribution in [-0.2, 0) is 0 Å². The predicted molar refractivity (Wildman–Crippen MR) is 58.9 cm³/mol. The Balaban J connectivity index is 0.00000200. The molecule has 3 N–H and O–H groups in total. The van der Waals surface area contributed by atoms with Crippen LogP contribution in [0.15, 0.2) is 18.2 Å². The molecule has 0 aliphatic carbocycles. The molecule has 1 aliphatic rings. The van der Waals surface area contributed by atoms with Crippen molar-refractivity contribution < 1.29 is 36.5 Å². The Labute approximate surface area is 115 Å². The highest BCUT2D eigenvalue weighted by Gasteiger charge is 2.45. The summed E-state index contributed by atoms with van der Waals surface area (Å²) in [6, 6.07) is 1.09. The molecule has 1 aromatic carbocycles. The van der Waals surface area contributed by atoms with Crippen molar-refractivity contribution in [2.24, 2.45) is 5.73 Å². The number of hydrogen-bond donors (Lipinski definition) is 2. The third-order valence-corrected chi connectivity index (χ3v) is 2.49. The van der Waals surface area contributed by atoms with Gasteiger partial charge in [0.25, 0.3) is 0 Å². The maximum absolute atomic E-state index is 12.7. The molecule has 2 rings (SSSR count). The lowest BCUT2D eigenvalue weighted by Crippen LogP contribution is -2.38. The highest BCUT2D eigenvalue weighted by molar-refractivity contribution is 5.85. The van der Waals surface area contributed by atoms with E-state index in [9.17, 15) is 22.0 Å². The van der Waals surface area contributed by atoms with Gasteiger partial charge in [-0.1, -0.05) is 6.07 Å². The van der Waals surface area contributed by atoms with Gasteiger partial charge >= 0.3 is 12.5 Å². The van der Waals surface area contributed by atoms with Gasteiger partial charge in [-0.15, -0.1) is 21.2 Å². The highest BCUT2D eigenvalue weighted by Crippen LogP contribution is 2.42.